The number of benzene rings is 2. The number of urea groups is 1. The lowest BCUT2D eigenvalue weighted by atomic mass is 10.3. The van der Waals surface area contributed by atoms with Crippen LogP contribution in [0.4, 0.5) is 16.2 Å². The summed E-state index contributed by atoms with van der Waals surface area (Å²) in [7, 11) is 0. The molecule has 100 valence electrons. The average molecular weight is 261 g/mol. The van der Waals surface area contributed by atoms with Crippen LogP contribution in [0.3, 0.4) is 0 Å². The number of amides is 2. The van der Waals surface area contributed by atoms with Gasteiger partial charge in [-0.2, -0.15) is 0 Å². The van der Waals surface area contributed by atoms with Gasteiger partial charge in [0.05, 0.1) is 11.4 Å². The lowest BCUT2D eigenvalue weighted by Gasteiger charge is -2.02. The minimum Gasteiger partial charge on any atom is -0.506 e. The largest absolute Gasteiger partial charge is 0.506 e. The first-order valence-electron chi connectivity index (χ1n) is 5.38. The molecule has 2 amide bonds. The molecule has 0 radical (unpaired) electrons. The van der Waals surface area contributed by atoms with Crippen LogP contribution >= 0.6 is 0 Å². The van der Waals surface area contributed by atoms with E-state index in [1.165, 1.54) is 6.07 Å². The summed E-state index contributed by atoms with van der Waals surface area (Å²) in [6.07, 6.45) is 0. The van der Waals surface area contributed by atoms with E-state index in [4.69, 9.17) is 21.7 Å². The summed E-state index contributed by atoms with van der Waals surface area (Å²) in [4.78, 5) is 10.3. The van der Waals surface area contributed by atoms with Crippen molar-refractivity contribution in [3.63, 3.8) is 0 Å². The third-order valence-corrected chi connectivity index (χ3v) is 2.10. The van der Waals surface area contributed by atoms with E-state index >= 15 is 0 Å². The Morgan fingerprint density at radius 2 is 1.47 bits per heavy atom. The minimum atomic E-state index is -0.688. The SMILES string of the molecule is NC(=O)Nc1ccccc1O.Nc1ccccc1O. The highest BCUT2D eigenvalue weighted by Crippen LogP contribution is 2.20. The second-order valence-electron chi connectivity index (χ2n) is 3.57. The number of anilines is 2. The zero-order valence-electron chi connectivity index (χ0n) is 10.1. The van der Waals surface area contributed by atoms with Crippen molar-refractivity contribution in [1.29, 1.82) is 0 Å². The van der Waals surface area contributed by atoms with E-state index in [0.717, 1.165) is 0 Å². The Morgan fingerprint density at radius 3 is 1.89 bits per heavy atom. The molecule has 2 aromatic carbocycles. The second kappa shape index (κ2) is 6.75. The van der Waals surface area contributed by atoms with Crippen LogP contribution in [-0.4, -0.2) is 16.2 Å². The van der Waals surface area contributed by atoms with Gasteiger partial charge in [-0.1, -0.05) is 24.3 Å². The molecule has 0 aliphatic rings. The Balaban J connectivity index is 0.000000200. The molecule has 0 aromatic heterocycles. The van der Waals surface area contributed by atoms with Gasteiger partial charge in [0.1, 0.15) is 11.5 Å². The van der Waals surface area contributed by atoms with E-state index in [2.05, 4.69) is 5.32 Å². The van der Waals surface area contributed by atoms with Crippen molar-refractivity contribution < 1.29 is 15.0 Å². The Labute approximate surface area is 110 Å². The molecule has 0 aliphatic heterocycles. The fourth-order valence-corrected chi connectivity index (χ4v) is 1.20. The smallest absolute Gasteiger partial charge is 0.316 e. The van der Waals surface area contributed by atoms with Crippen LogP contribution in [0.5, 0.6) is 11.5 Å². The summed E-state index contributed by atoms with van der Waals surface area (Å²) in [6, 6.07) is 12.4. The van der Waals surface area contributed by atoms with E-state index in [1.807, 2.05) is 0 Å². The van der Waals surface area contributed by atoms with Crippen molar-refractivity contribution in [3.05, 3.63) is 48.5 Å². The summed E-state index contributed by atoms with van der Waals surface area (Å²) in [6.45, 7) is 0. The number of carbonyl (C=O) groups is 1. The number of para-hydroxylation sites is 4. The molecule has 0 heterocycles. The zero-order chi connectivity index (χ0) is 14.3. The molecular formula is C13H15N3O3. The van der Waals surface area contributed by atoms with Crippen LogP contribution in [0.15, 0.2) is 48.5 Å². The molecule has 0 aliphatic carbocycles. The van der Waals surface area contributed by atoms with Gasteiger partial charge in [0.2, 0.25) is 0 Å². The highest BCUT2D eigenvalue weighted by molar-refractivity contribution is 5.89. The molecule has 2 aromatic rings. The Hall–Kier alpha value is -2.89. The number of phenolic OH excluding ortho intramolecular Hbond substituents is 2. The maximum absolute atomic E-state index is 10.3. The molecule has 2 rings (SSSR count). The number of nitrogen functional groups attached to an aromatic ring is 1. The van der Waals surface area contributed by atoms with Gasteiger partial charge < -0.3 is 27.0 Å². The van der Waals surface area contributed by atoms with Crippen LogP contribution in [0.2, 0.25) is 0 Å². The van der Waals surface area contributed by atoms with Crippen molar-refractivity contribution in [3.8, 4) is 11.5 Å². The summed E-state index contributed by atoms with van der Waals surface area (Å²) in [5.41, 5.74) is 10.8. The second-order valence-corrected chi connectivity index (χ2v) is 3.57. The van der Waals surface area contributed by atoms with Crippen LogP contribution in [0, 0.1) is 0 Å². The Bertz CT molecular complexity index is 537. The van der Waals surface area contributed by atoms with E-state index in [1.54, 1.807) is 42.5 Å². The van der Waals surface area contributed by atoms with E-state index in [-0.39, 0.29) is 11.5 Å². The molecule has 0 saturated carbocycles. The number of phenols is 2. The van der Waals surface area contributed by atoms with E-state index in [9.17, 15) is 4.79 Å². The molecule has 19 heavy (non-hydrogen) atoms. The van der Waals surface area contributed by atoms with Crippen LogP contribution < -0.4 is 16.8 Å². The van der Waals surface area contributed by atoms with E-state index < -0.39 is 6.03 Å². The maximum Gasteiger partial charge on any atom is 0.316 e. The first kappa shape index (κ1) is 14.2. The van der Waals surface area contributed by atoms with Gasteiger partial charge in [0.25, 0.3) is 0 Å². The number of hydrogen-bond donors (Lipinski definition) is 5. The van der Waals surface area contributed by atoms with Gasteiger partial charge in [-0.25, -0.2) is 4.79 Å². The molecule has 0 spiro atoms. The van der Waals surface area contributed by atoms with Crippen molar-refractivity contribution in [1.82, 2.24) is 0 Å². The summed E-state index contributed by atoms with van der Waals surface area (Å²) < 4.78 is 0. The average Bonchev–Trinajstić information content (AvgIpc) is 2.36. The maximum atomic E-state index is 10.3. The Kier molecular flexibility index (Phi) is 5.04. The van der Waals surface area contributed by atoms with Crippen molar-refractivity contribution >= 4 is 17.4 Å². The lowest BCUT2D eigenvalue weighted by Crippen LogP contribution is -2.19. The summed E-state index contributed by atoms with van der Waals surface area (Å²) >= 11 is 0. The summed E-state index contributed by atoms with van der Waals surface area (Å²) in [5.74, 6) is 0.152. The topological polar surface area (TPSA) is 122 Å². The highest BCUT2D eigenvalue weighted by atomic mass is 16.3. The van der Waals surface area contributed by atoms with E-state index in [0.29, 0.717) is 11.4 Å². The molecular weight excluding hydrogens is 246 g/mol. The molecule has 0 atom stereocenters. The van der Waals surface area contributed by atoms with Crippen LogP contribution in [-0.2, 0) is 0 Å². The quantitative estimate of drug-likeness (QED) is 0.397. The van der Waals surface area contributed by atoms with Gasteiger partial charge in [-0.3, -0.25) is 0 Å². The predicted octanol–water partition coefficient (Wildman–Crippen LogP) is 1.86. The van der Waals surface area contributed by atoms with Gasteiger partial charge >= 0.3 is 6.03 Å². The number of nitrogens with two attached hydrogens (primary N) is 2. The number of primary amides is 1. The summed E-state index contributed by atoms with van der Waals surface area (Å²) in [5, 5.41) is 20.1. The van der Waals surface area contributed by atoms with Gasteiger partial charge in [-0.15, -0.1) is 0 Å². The molecule has 0 fully saturated rings. The van der Waals surface area contributed by atoms with Gasteiger partial charge in [0.15, 0.2) is 0 Å². The molecule has 0 saturated heterocycles. The van der Waals surface area contributed by atoms with Gasteiger partial charge in [0, 0.05) is 0 Å². The number of carbonyl (C=O) groups excluding carboxylic acids is 1. The number of aromatic hydroxyl groups is 2. The Morgan fingerprint density at radius 1 is 0.947 bits per heavy atom. The number of hydrogen-bond acceptors (Lipinski definition) is 4. The first-order valence-corrected chi connectivity index (χ1v) is 5.38. The first-order chi connectivity index (χ1) is 9.00. The van der Waals surface area contributed by atoms with Crippen LogP contribution in [0.25, 0.3) is 0 Å². The van der Waals surface area contributed by atoms with Crippen molar-refractivity contribution in [2.24, 2.45) is 5.73 Å². The normalized spacial score (nSPS) is 9.05. The van der Waals surface area contributed by atoms with Crippen LogP contribution in [0.1, 0.15) is 0 Å². The lowest BCUT2D eigenvalue weighted by molar-refractivity contribution is 0.259. The number of rotatable bonds is 1. The zero-order valence-corrected chi connectivity index (χ0v) is 10.1. The highest BCUT2D eigenvalue weighted by Gasteiger charge is 1.99. The van der Waals surface area contributed by atoms with Gasteiger partial charge in [-0.05, 0) is 24.3 Å². The fourth-order valence-electron chi connectivity index (χ4n) is 1.20. The molecule has 6 heteroatoms. The molecule has 6 nitrogen and oxygen atoms in total. The van der Waals surface area contributed by atoms with Crippen molar-refractivity contribution in [2.75, 3.05) is 11.1 Å². The molecule has 7 N–H and O–H groups in total. The molecule has 0 unspecified atom stereocenters. The minimum absolute atomic E-state index is 0.00583. The third-order valence-electron chi connectivity index (χ3n) is 2.10. The predicted molar refractivity (Wildman–Crippen MR) is 73.8 cm³/mol. The number of nitrogens with one attached hydrogen (secondary N) is 1. The monoisotopic (exact) mass is 261 g/mol. The fraction of sp³-hybridized carbons (Fsp3) is 0. The third kappa shape index (κ3) is 4.86. The standard InChI is InChI=1S/C7H8N2O2.C6H7NO/c8-7(11)9-5-3-1-2-4-6(5)10;7-5-3-1-2-4-6(5)8/h1-4,10H,(H3,8,9,11);1-4,8H,7H2. The van der Waals surface area contributed by atoms with Crippen molar-refractivity contribution in [2.45, 2.75) is 0 Å². The molecule has 0 bridgehead atoms.